The first-order valence-corrected chi connectivity index (χ1v) is 6.79. The Morgan fingerprint density at radius 3 is 2.81 bits per heavy atom. The predicted octanol–water partition coefficient (Wildman–Crippen LogP) is 2.02. The first-order valence-electron chi connectivity index (χ1n) is 6.79. The summed E-state index contributed by atoms with van der Waals surface area (Å²) in [5.74, 6) is 0.651. The van der Waals surface area contributed by atoms with E-state index >= 15 is 0 Å². The number of nitrogens with zero attached hydrogens (tertiary/aromatic N) is 1. The van der Waals surface area contributed by atoms with Crippen LogP contribution in [0.4, 0.5) is 0 Å². The molecule has 1 aliphatic rings. The van der Waals surface area contributed by atoms with Gasteiger partial charge < -0.3 is 10.2 Å². The summed E-state index contributed by atoms with van der Waals surface area (Å²) >= 11 is 0. The predicted molar refractivity (Wildman–Crippen MR) is 67.4 cm³/mol. The summed E-state index contributed by atoms with van der Waals surface area (Å²) in [7, 11) is 0. The Bertz CT molecular complexity index is 198. The van der Waals surface area contributed by atoms with E-state index in [9.17, 15) is 4.79 Å². The summed E-state index contributed by atoms with van der Waals surface area (Å²) in [6, 6.07) is 0. The molecule has 3 heteroatoms. The number of carbonyl (C=O) groups excluding carboxylic acids is 1. The second kappa shape index (κ2) is 7.66. The van der Waals surface area contributed by atoms with Crippen molar-refractivity contribution in [3.8, 4) is 0 Å². The minimum atomic E-state index is 0.262. The Hall–Kier alpha value is -0.570. The molecule has 1 unspecified atom stereocenters. The third kappa shape index (κ3) is 4.12. The first-order chi connectivity index (χ1) is 7.79. The van der Waals surface area contributed by atoms with E-state index in [-0.39, 0.29) is 5.92 Å². The molecule has 1 fully saturated rings. The zero-order valence-corrected chi connectivity index (χ0v) is 10.8. The van der Waals surface area contributed by atoms with Crippen LogP contribution in [0.3, 0.4) is 0 Å². The van der Waals surface area contributed by atoms with Crippen LogP contribution in [0.2, 0.25) is 0 Å². The van der Waals surface area contributed by atoms with Crippen molar-refractivity contribution in [2.24, 2.45) is 5.92 Å². The van der Waals surface area contributed by atoms with Gasteiger partial charge in [0.1, 0.15) is 0 Å². The van der Waals surface area contributed by atoms with Gasteiger partial charge in [-0.25, -0.2) is 0 Å². The van der Waals surface area contributed by atoms with Gasteiger partial charge in [0.15, 0.2) is 0 Å². The Kier molecular flexibility index (Phi) is 6.46. The minimum absolute atomic E-state index is 0.262. The number of amides is 1. The van der Waals surface area contributed by atoms with Crippen molar-refractivity contribution in [2.75, 3.05) is 26.2 Å². The molecule has 0 radical (unpaired) electrons. The molecule has 1 saturated heterocycles. The SMILES string of the molecule is CCCCC(CC)C(=O)N1CCCNCC1. The Morgan fingerprint density at radius 2 is 2.12 bits per heavy atom. The number of rotatable bonds is 5. The summed E-state index contributed by atoms with van der Waals surface area (Å²) in [6.07, 6.45) is 5.51. The minimum Gasteiger partial charge on any atom is -0.341 e. The fourth-order valence-electron chi connectivity index (χ4n) is 2.28. The lowest BCUT2D eigenvalue weighted by molar-refractivity contribution is -0.135. The second-order valence-electron chi connectivity index (χ2n) is 4.68. The third-order valence-corrected chi connectivity index (χ3v) is 3.40. The van der Waals surface area contributed by atoms with Crippen molar-refractivity contribution in [3.63, 3.8) is 0 Å². The van der Waals surface area contributed by atoms with Crippen LogP contribution in [0.1, 0.15) is 46.0 Å². The van der Waals surface area contributed by atoms with Crippen LogP contribution < -0.4 is 5.32 Å². The van der Waals surface area contributed by atoms with Gasteiger partial charge in [-0.15, -0.1) is 0 Å². The van der Waals surface area contributed by atoms with Gasteiger partial charge >= 0.3 is 0 Å². The van der Waals surface area contributed by atoms with E-state index < -0.39 is 0 Å². The normalized spacial score (nSPS) is 19.2. The van der Waals surface area contributed by atoms with Crippen molar-refractivity contribution in [3.05, 3.63) is 0 Å². The zero-order valence-electron chi connectivity index (χ0n) is 10.8. The lowest BCUT2D eigenvalue weighted by Crippen LogP contribution is -2.38. The first kappa shape index (κ1) is 13.5. The van der Waals surface area contributed by atoms with Crippen molar-refractivity contribution in [1.82, 2.24) is 10.2 Å². The molecule has 1 rings (SSSR count). The lowest BCUT2D eigenvalue weighted by atomic mass is 9.97. The standard InChI is InChI=1S/C13H26N2O/c1-3-5-7-12(4-2)13(16)15-10-6-8-14-9-11-15/h12,14H,3-11H2,1-2H3. The molecule has 16 heavy (non-hydrogen) atoms. The maximum atomic E-state index is 12.3. The highest BCUT2D eigenvalue weighted by Crippen LogP contribution is 2.16. The topological polar surface area (TPSA) is 32.3 Å². The molecule has 0 aromatic heterocycles. The van der Waals surface area contributed by atoms with Crippen LogP contribution in [-0.2, 0) is 4.79 Å². The van der Waals surface area contributed by atoms with Gasteiger partial charge in [-0.1, -0.05) is 26.7 Å². The molecule has 1 atom stereocenters. The smallest absolute Gasteiger partial charge is 0.225 e. The molecule has 3 nitrogen and oxygen atoms in total. The number of hydrogen-bond donors (Lipinski definition) is 1. The molecule has 0 aromatic rings. The Labute approximate surface area is 99.6 Å². The number of unbranched alkanes of at least 4 members (excludes halogenated alkanes) is 1. The Balaban J connectivity index is 2.44. The van der Waals surface area contributed by atoms with Crippen LogP contribution in [-0.4, -0.2) is 37.0 Å². The van der Waals surface area contributed by atoms with E-state index in [0.29, 0.717) is 5.91 Å². The molecule has 0 aromatic carbocycles. The van der Waals surface area contributed by atoms with Crippen molar-refractivity contribution < 1.29 is 4.79 Å². The average Bonchev–Trinajstić information content (AvgIpc) is 2.58. The molecule has 1 heterocycles. The van der Waals surface area contributed by atoms with Crippen LogP contribution in [0.15, 0.2) is 0 Å². The number of carbonyl (C=O) groups is 1. The van der Waals surface area contributed by atoms with E-state index in [0.717, 1.165) is 45.4 Å². The highest BCUT2D eigenvalue weighted by molar-refractivity contribution is 5.78. The van der Waals surface area contributed by atoms with Gasteiger partial charge in [-0.05, 0) is 25.8 Å². The number of hydrogen-bond acceptors (Lipinski definition) is 2. The third-order valence-electron chi connectivity index (χ3n) is 3.40. The molecule has 0 aliphatic carbocycles. The number of nitrogens with one attached hydrogen (secondary N) is 1. The molecule has 1 N–H and O–H groups in total. The van der Waals surface area contributed by atoms with Gasteiger partial charge in [0.2, 0.25) is 5.91 Å². The maximum absolute atomic E-state index is 12.3. The molecular formula is C13H26N2O. The van der Waals surface area contributed by atoms with Gasteiger partial charge in [0.05, 0.1) is 0 Å². The van der Waals surface area contributed by atoms with E-state index in [2.05, 4.69) is 24.1 Å². The van der Waals surface area contributed by atoms with Crippen molar-refractivity contribution in [1.29, 1.82) is 0 Å². The average molecular weight is 226 g/mol. The van der Waals surface area contributed by atoms with Gasteiger partial charge in [-0.2, -0.15) is 0 Å². The molecule has 0 bridgehead atoms. The van der Waals surface area contributed by atoms with E-state index in [4.69, 9.17) is 0 Å². The van der Waals surface area contributed by atoms with Gasteiger partial charge in [-0.3, -0.25) is 4.79 Å². The monoisotopic (exact) mass is 226 g/mol. The zero-order chi connectivity index (χ0) is 11.8. The summed E-state index contributed by atoms with van der Waals surface area (Å²) in [5, 5.41) is 3.34. The summed E-state index contributed by atoms with van der Waals surface area (Å²) in [4.78, 5) is 14.3. The van der Waals surface area contributed by atoms with Crippen LogP contribution in [0.5, 0.6) is 0 Å². The van der Waals surface area contributed by atoms with Crippen molar-refractivity contribution >= 4 is 5.91 Å². The molecule has 0 spiro atoms. The van der Waals surface area contributed by atoms with Crippen LogP contribution in [0.25, 0.3) is 0 Å². The molecule has 0 saturated carbocycles. The molecule has 1 aliphatic heterocycles. The largest absolute Gasteiger partial charge is 0.341 e. The van der Waals surface area contributed by atoms with E-state index in [1.165, 1.54) is 12.8 Å². The van der Waals surface area contributed by atoms with Gasteiger partial charge in [0, 0.05) is 25.6 Å². The van der Waals surface area contributed by atoms with Crippen molar-refractivity contribution in [2.45, 2.75) is 46.0 Å². The lowest BCUT2D eigenvalue weighted by Gasteiger charge is -2.25. The summed E-state index contributed by atoms with van der Waals surface area (Å²) < 4.78 is 0. The highest BCUT2D eigenvalue weighted by Gasteiger charge is 2.22. The summed E-state index contributed by atoms with van der Waals surface area (Å²) in [6.45, 7) is 8.16. The fraction of sp³-hybridized carbons (Fsp3) is 0.923. The fourth-order valence-corrected chi connectivity index (χ4v) is 2.28. The van der Waals surface area contributed by atoms with Crippen LogP contribution in [0, 0.1) is 5.92 Å². The maximum Gasteiger partial charge on any atom is 0.225 e. The van der Waals surface area contributed by atoms with E-state index in [1.54, 1.807) is 0 Å². The Morgan fingerprint density at radius 1 is 1.31 bits per heavy atom. The van der Waals surface area contributed by atoms with Gasteiger partial charge in [0.25, 0.3) is 0 Å². The van der Waals surface area contributed by atoms with E-state index in [1.807, 2.05) is 0 Å². The second-order valence-corrected chi connectivity index (χ2v) is 4.68. The highest BCUT2D eigenvalue weighted by atomic mass is 16.2. The molecular weight excluding hydrogens is 200 g/mol. The quantitative estimate of drug-likeness (QED) is 0.778. The van der Waals surface area contributed by atoms with Crippen LogP contribution >= 0.6 is 0 Å². The molecule has 94 valence electrons. The molecule has 1 amide bonds. The summed E-state index contributed by atoms with van der Waals surface area (Å²) in [5.41, 5.74) is 0.